The third-order valence-electron chi connectivity index (χ3n) is 14.8. The third kappa shape index (κ3) is 9.30. The second kappa shape index (κ2) is 17.6. The van der Waals surface area contributed by atoms with Crippen molar-refractivity contribution in [1.82, 2.24) is 13.7 Å². The fourth-order valence-corrected chi connectivity index (χ4v) is 19.1. The first kappa shape index (κ1) is 48.2. The fraction of sp³-hybridized carbons (Fsp3) is 0.529. The third-order valence-corrected chi connectivity index (χ3v) is 25.4. The Morgan fingerprint density at radius 1 is 0.426 bits per heavy atom. The summed E-state index contributed by atoms with van der Waals surface area (Å²) in [4.78, 5) is 0. The molecule has 6 aromatic rings. The first-order valence-corrected chi connectivity index (χ1v) is 28.4. The predicted octanol–water partition coefficient (Wildman–Crippen LogP) is 10.6. The van der Waals surface area contributed by atoms with Crippen molar-refractivity contribution in [3.63, 3.8) is 0 Å². The zero-order chi connectivity index (χ0) is 45.1. The van der Waals surface area contributed by atoms with Crippen molar-refractivity contribution in [3.05, 3.63) is 91.4 Å². The summed E-state index contributed by atoms with van der Waals surface area (Å²) in [5.41, 5.74) is 2.57. The molecule has 0 spiro atoms. The van der Waals surface area contributed by atoms with Gasteiger partial charge in [-0.25, -0.2) is 0 Å². The van der Waals surface area contributed by atoms with Gasteiger partial charge in [-0.2, -0.15) is 0 Å². The van der Waals surface area contributed by atoms with Crippen LogP contribution in [-0.2, 0) is 13.3 Å². The molecule has 0 bridgehead atoms. The molecule has 0 aliphatic carbocycles. The number of benzene rings is 3. The maximum absolute atomic E-state index is 6.05. The van der Waals surface area contributed by atoms with E-state index in [0.717, 1.165) is 19.3 Å². The molecule has 0 N–H and O–H groups in total. The Balaban J connectivity index is 1.51. The molecule has 9 radical (unpaired) electrons. The van der Waals surface area contributed by atoms with Crippen LogP contribution in [0.3, 0.4) is 0 Å². The molecule has 0 amide bonds. The number of aromatic nitrogens is 3. The van der Waals surface area contributed by atoms with Crippen LogP contribution in [0.2, 0.25) is 0 Å². The van der Waals surface area contributed by atoms with E-state index in [1.54, 1.807) is 0 Å². The number of nitrogens with zero attached hydrogens (tertiary/aromatic N) is 3. The van der Waals surface area contributed by atoms with Gasteiger partial charge < -0.3 is 0 Å². The van der Waals surface area contributed by atoms with Gasteiger partial charge in [0.1, 0.15) is 0 Å². The maximum atomic E-state index is 6.05. The van der Waals surface area contributed by atoms with Gasteiger partial charge in [0.05, 0.1) is 0 Å². The van der Waals surface area contributed by atoms with Crippen molar-refractivity contribution in [2.75, 3.05) is 0 Å². The fourth-order valence-electron chi connectivity index (χ4n) is 8.92. The van der Waals surface area contributed by atoms with Crippen LogP contribution in [-0.4, -0.2) is 83.7 Å². The monoisotopic (exact) mass is 1060 g/mol. The van der Waals surface area contributed by atoms with Gasteiger partial charge >= 0.3 is 388 Å². The number of rotatable bonds is 15. The Bertz CT molecular complexity index is 2200. The molecule has 3 aromatic carbocycles. The average Bonchev–Trinajstić information content (AvgIpc) is 3.93. The Morgan fingerprint density at radius 2 is 0.672 bits per heavy atom. The second-order valence-corrected chi connectivity index (χ2v) is 30.9. The van der Waals surface area contributed by atoms with Crippen LogP contribution in [0.15, 0.2) is 91.4 Å². The van der Waals surface area contributed by atoms with Gasteiger partial charge in [0.25, 0.3) is 0 Å². The van der Waals surface area contributed by atoms with Crippen molar-refractivity contribution >= 4 is 95.7 Å². The Labute approximate surface area is 385 Å². The zero-order valence-electron chi connectivity index (χ0n) is 39.5. The molecule has 6 unspecified atom stereocenters. The van der Waals surface area contributed by atoms with E-state index in [1.807, 2.05) is 0 Å². The summed E-state index contributed by atoms with van der Waals surface area (Å²) < 4.78 is 29.9. The summed E-state index contributed by atoms with van der Waals surface area (Å²) in [7, 11) is 10.4. The Morgan fingerprint density at radius 3 is 0.885 bits per heavy atom. The molecule has 323 valence electrons. The minimum absolute atomic E-state index is 0.0565. The van der Waals surface area contributed by atoms with E-state index in [4.69, 9.17) is 13.3 Å². The van der Waals surface area contributed by atoms with E-state index in [1.165, 1.54) is 42.5 Å². The molecule has 0 aliphatic rings. The molecule has 61 heavy (non-hydrogen) atoms. The van der Waals surface area contributed by atoms with Crippen LogP contribution in [0.4, 0.5) is 0 Å². The van der Waals surface area contributed by atoms with E-state index in [0.29, 0.717) is 0 Å². The molecular weight excluding hydrogens is 996 g/mol. The summed E-state index contributed by atoms with van der Waals surface area (Å²) in [5, 5.41) is 3.79. The van der Waals surface area contributed by atoms with Crippen LogP contribution in [0.1, 0.15) is 141 Å². The molecule has 0 fully saturated rings. The van der Waals surface area contributed by atoms with Crippen LogP contribution >= 0.6 is 0 Å². The molecule has 6 nitrogen and oxygen atoms in total. The Hall–Kier alpha value is -2.31. The SMILES string of the molecule is CC(CC(C)(O[Si])C(C)(C)C)n1ccc2cc[c]([Bi]([c]3ccc4ccn(C(C)CC(C)(O[Si])C(C)(C)C)c4c3)[c]3ccc4ccn(C(C)CC(C)(O[Si])C(C)(C)C)c4c3)cc21. The van der Waals surface area contributed by atoms with Crippen molar-refractivity contribution in [3.8, 4) is 0 Å². The molecular formula is C51H69BiN3O3Si3. The second-order valence-electron chi connectivity index (χ2n) is 21.6. The van der Waals surface area contributed by atoms with Crippen LogP contribution in [0, 0.1) is 16.2 Å². The zero-order valence-corrected chi connectivity index (χ0v) is 46.0. The van der Waals surface area contributed by atoms with Gasteiger partial charge in [-0.15, -0.1) is 0 Å². The standard InChI is InChI=1S/3C17H23NOSi.Bi/c3*1-13(12-17(5,19-20)16(2,3)4)18-11-10-14-8-6-7-9-15(14)18;/h3*6,8-11,13H,12H2,1-5H3;. The first-order chi connectivity index (χ1) is 28.3. The topological polar surface area (TPSA) is 42.5 Å². The average molecular weight is 1070 g/mol. The molecule has 3 aromatic heterocycles. The van der Waals surface area contributed by atoms with E-state index < -0.39 is 21.8 Å². The first-order valence-electron chi connectivity index (χ1n) is 22.0. The van der Waals surface area contributed by atoms with E-state index in [2.05, 4.69) is 240 Å². The normalized spacial score (nSPS) is 17.8. The van der Waals surface area contributed by atoms with Crippen molar-refractivity contribution in [1.29, 1.82) is 0 Å². The van der Waals surface area contributed by atoms with Crippen molar-refractivity contribution in [2.24, 2.45) is 16.2 Å². The molecule has 0 saturated carbocycles. The predicted molar refractivity (Wildman–Crippen MR) is 263 cm³/mol. The van der Waals surface area contributed by atoms with Crippen LogP contribution < -0.4 is 9.81 Å². The molecule has 6 atom stereocenters. The summed E-state index contributed by atoms with van der Waals surface area (Å²) in [6.45, 7) is 33.9. The molecule has 10 heteroatoms. The molecule has 0 saturated heterocycles. The molecule has 3 heterocycles. The van der Waals surface area contributed by atoms with Gasteiger partial charge in [0.2, 0.25) is 0 Å². The van der Waals surface area contributed by atoms with Gasteiger partial charge in [-0.3, -0.25) is 0 Å². The summed E-state index contributed by atoms with van der Waals surface area (Å²) in [5.74, 6) is 0. The van der Waals surface area contributed by atoms with Gasteiger partial charge in [0, 0.05) is 0 Å². The molecule has 6 rings (SSSR count). The van der Waals surface area contributed by atoms with Crippen molar-refractivity contribution in [2.45, 2.75) is 158 Å². The van der Waals surface area contributed by atoms with Gasteiger partial charge in [-0.1, -0.05) is 0 Å². The number of fused-ring (bicyclic) bond motifs is 3. The molecule has 0 aliphatic heterocycles. The Kier molecular flexibility index (Phi) is 13.9. The minimum atomic E-state index is -3.03. The number of hydrogen-bond donors (Lipinski definition) is 0. The van der Waals surface area contributed by atoms with Crippen LogP contribution in [0.25, 0.3) is 32.7 Å². The summed E-state index contributed by atoms with van der Waals surface area (Å²) in [6.07, 6.45) is 9.39. The van der Waals surface area contributed by atoms with E-state index in [-0.39, 0.29) is 51.2 Å². The quantitative estimate of drug-likeness (QED) is 0.0963. The summed E-state index contributed by atoms with van der Waals surface area (Å²) >= 11 is -3.03. The van der Waals surface area contributed by atoms with Gasteiger partial charge in [0.15, 0.2) is 0 Å². The van der Waals surface area contributed by atoms with Crippen molar-refractivity contribution < 1.29 is 13.3 Å². The van der Waals surface area contributed by atoms with E-state index >= 15 is 0 Å². The van der Waals surface area contributed by atoms with E-state index in [9.17, 15) is 0 Å². The van der Waals surface area contributed by atoms with Gasteiger partial charge in [-0.05, 0) is 0 Å². The number of hydrogen-bond acceptors (Lipinski definition) is 3. The summed E-state index contributed by atoms with van der Waals surface area (Å²) in [6, 6.07) is 29.4. The van der Waals surface area contributed by atoms with Crippen LogP contribution in [0.5, 0.6) is 0 Å².